The Hall–Kier alpha value is -1.77. The molecule has 0 aliphatic carbocycles. The van der Waals surface area contributed by atoms with Gasteiger partial charge in [0.1, 0.15) is 11.4 Å². The summed E-state index contributed by atoms with van der Waals surface area (Å²) in [6.07, 6.45) is 1.24. The molecule has 0 bridgehead atoms. The molecular formula is C20H13F5I2N2O2. The Morgan fingerprint density at radius 3 is 2.10 bits per heavy atom. The molecule has 1 heterocycles. The van der Waals surface area contributed by atoms with Crippen molar-refractivity contribution in [3.63, 3.8) is 0 Å². The normalized spacial score (nSPS) is 15.3. The molecule has 2 aromatic carbocycles. The molecule has 1 aliphatic heterocycles. The van der Waals surface area contributed by atoms with E-state index in [0.29, 0.717) is 11.3 Å². The number of hydrogen-bond acceptors (Lipinski definition) is 3. The number of hydrogen-bond donors (Lipinski definition) is 0. The smallest absolute Gasteiger partial charge is 0.280 e. The molecule has 0 unspecified atom stereocenters. The van der Waals surface area contributed by atoms with Gasteiger partial charge in [0, 0.05) is 9.13 Å². The Morgan fingerprint density at radius 2 is 1.55 bits per heavy atom. The van der Waals surface area contributed by atoms with E-state index in [0.717, 1.165) is 7.14 Å². The molecule has 0 atom stereocenters. The minimum Gasteiger partial charge on any atom is -0.489 e. The lowest BCUT2D eigenvalue weighted by molar-refractivity contribution is -0.114. The zero-order valence-electron chi connectivity index (χ0n) is 16.2. The largest absolute Gasteiger partial charge is 0.489 e. The van der Waals surface area contributed by atoms with Gasteiger partial charge < -0.3 is 4.74 Å². The molecule has 1 aliphatic rings. The highest BCUT2D eigenvalue weighted by Crippen LogP contribution is 2.36. The van der Waals surface area contributed by atoms with Gasteiger partial charge in [0.15, 0.2) is 23.3 Å². The summed E-state index contributed by atoms with van der Waals surface area (Å²) in [5.74, 6) is -11.5. The second-order valence-electron chi connectivity index (χ2n) is 6.75. The molecule has 3 rings (SSSR count). The summed E-state index contributed by atoms with van der Waals surface area (Å²) in [6, 6.07) is 3.59. The summed E-state index contributed by atoms with van der Waals surface area (Å²) >= 11 is 4.15. The van der Waals surface area contributed by atoms with Gasteiger partial charge >= 0.3 is 0 Å². The van der Waals surface area contributed by atoms with Crippen molar-refractivity contribution in [2.75, 3.05) is 5.01 Å². The number of anilines is 1. The topological polar surface area (TPSA) is 41.9 Å². The maximum Gasteiger partial charge on any atom is 0.280 e. The van der Waals surface area contributed by atoms with Gasteiger partial charge in [-0.05, 0) is 84.2 Å². The number of halogens is 7. The summed E-state index contributed by atoms with van der Waals surface area (Å²) in [5, 5.41) is 3.92. The minimum absolute atomic E-state index is 0.0401. The van der Waals surface area contributed by atoms with E-state index in [1.54, 1.807) is 6.07 Å². The zero-order valence-corrected chi connectivity index (χ0v) is 20.5. The lowest BCUT2D eigenvalue weighted by Crippen LogP contribution is -2.25. The summed E-state index contributed by atoms with van der Waals surface area (Å²) in [6.45, 7) is 5.03. The Morgan fingerprint density at radius 1 is 1.00 bits per heavy atom. The van der Waals surface area contributed by atoms with E-state index in [4.69, 9.17) is 4.74 Å². The molecule has 0 radical (unpaired) electrons. The molecule has 4 nitrogen and oxygen atoms in total. The Balaban J connectivity index is 2.13. The van der Waals surface area contributed by atoms with E-state index >= 15 is 0 Å². The molecule has 0 N–H and O–H groups in total. The molecule has 1 amide bonds. The molecule has 2 aromatic rings. The standard InChI is InChI=1S/C20H13F5I2N2O2/c1-7(2)31-19-9(4-10(26)6-12(19)27)5-11-8(3)28-29(20(11)30)18-16(24)14(22)13(21)15(23)17(18)25/h4-7H,1-3H3/b11-5-. The monoisotopic (exact) mass is 662 g/mol. The van der Waals surface area contributed by atoms with Crippen LogP contribution in [0.3, 0.4) is 0 Å². The third kappa shape index (κ3) is 4.43. The molecule has 0 fully saturated rings. The number of benzene rings is 2. The number of hydrazone groups is 1. The minimum atomic E-state index is -2.31. The summed E-state index contributed by atoms with van der Waals surface area (Å²) in [4.78, 5) is 12.9. The van der Waals surface area contributed by atoms with E-state index in [9.17, 15) is 26.7 Å². The van der Waals surface area contributed by atoms with Crippen molar-refractivity contribution in [2.45, 2.75) is 26.9 Å². The van der Waals surface area contributed by atoms with Crippen LogP contribution >= 0.6 is 45.2 Å². The molecule has 0 spiro atoms. The first-order valence-electron chi connectivity index (χ1n) is 8.72. The highest BCUT2D eigenvalue weighted by molar-refractivity contribution is 14.1. The second kappa shape index (κ2) is 9.00. The van der Waals surface area contributed by atoms with Crippen LogP contribution in [0.2, 0.25) is 0 Å². The predicted molar refractivity (Wildman–Crippen MR) is 122 cm³/mol. The van der Waals surface area contributed by atoms with Gasteiger partial charge in [-0.25, -0.2) is 22.0 Å². The Bertz CT molecular complexity index is 1140. The van der Waals surface area contributed by atoms with Gasteiger partial charge in [-0.15, -0.1) is 0 Å². The molecule has 0 aromatic heterocycles. The first kappa shape index (κ1) is 23.9. The van der Waals surface area contributed by atoms with Gasteiger partial charge in [0.05, 0.1) is 21.0 Å². The van der Waals surface area contributed by atoms with Crippen LogP contribution in [-0.2, 0) is 4.79 Å². The Kier molecular flexibility index (Phi) is 6.93. The Labute approximate surface area is 201 Å². The third-order valence-corrected chi connectivity index (χ3v) is 5.58. The van der Waals surface area contributed by atoms with E-state index in [2.05, 4.69) is 50.3 Å². The number of carbonyl (C=O) groups is 1. The quantitative estimate of drug-likeness (QED) is 0.129. The van der Waals surface area contributed by atoms with Crippen LogP contribution in [-0.4, -0.2) is 17.7 Å². The lowest BCUT2D eigenvalue weighted by Gasteiger charge is -2.16. The molecule has 164 valence electrons. The molecule has 0 saturated carbocycles. The van der Waals surface area contributed by atoms with Crippen LogP contribution in [0.5, 0.6) is 5.75 Å². The van der Waals surface area contributed by atoms with Crippen LogP contribution in [0.4, 0.5) is 27.6 Å². The van der Waals surface area contributed by atoms with E-state index in [1.807, 2.05) is 19.9 Å². The average Bonchev–Trinajstić information content (AvgIpc) is 2.95. The van der Waals surface area contributed by atoms with E-state index < -0.39 is 40.7 Å². The first-order valence-corrected chi connectivity index (χ1v) is 10.9. The van der Waals surface area contributed by atoms with Crippen molar-refractivity contribution in [1.29, 1.82) is 0 Å². The van der Waals surface area contributed by atoms with E-state index in [-0.39, 0.29) is 22.4 Å². The maximum absolute atomic E-state index is 14.2. The number of rotatable bonds is 4. The van der Waals surface area contributed by atoms with Crippen LogP contribution in [0.1, 0.15) is 26.3 Å². The highest BCUT2D eigenvalue weighted by Gasteiger charge is 2.37. The third-order valence-electron chi connectivity index (χ3n) is 4.15. The fourth-order valence-corrected chi connectivity index (χ4v) is 4.83. The number of nitrogens with zero attached hydrogens (tertiary/aromatic N) is 2. The molecule has 31 heavy (non-hydrogen) atoms. The van der Waals surface area contributed by atoms with Crippen molar-refractivity contribution in [3.8, 4) is 5.75 Å². The van der Waals surface area contributed by atoms with Crippen LogP contribution in [0, 0.1) is 36.2 Å². The van der Waals surface area contributed by atoms with Gasteiger partial charge in [-0.1, -0.05) is 0 Å². The highest BCUT2D eigenvalue weighted by atomic mass is 127. The van der Waals surface area contributed by atoms with Gasteiger partial charge in [-0.3, -0.25) is 4.79 Å². The lowest BCUT2D eigenvalue weighted by atomic mass is 10.1. The van der Waals surface area contributed by atoms with Crippen LogP contribution in [0.15, 0.2) is 22.8 Å². The average molecular weight is 662 g/mol. The van der Waals surface area contributed by atoms with E-state index in [1.165, 1.54) is 13.0 Å². The fourth-order valence-electron chi connectivity index (χ4n) is 2.82. The predicted octanol–water partition coefficient (Wildman–Crippen LogP) is 6.18. The molecule has 0 saturated heterocycles. The van der Waals surface area contributed by atoms with Gasteiger partial charge in [0.25, 0.3) is 5.91 Å². The first-order chi connectivity index (χ1) is 14.4. The SMILES string of the molecule is CC1=NN(c2c(F)c(F)c(F)c(F)c2F)C(=O)/C1=C\c1cc(I)cc(I)c1OC(C)C. The van der Waals surface area contributed by atoms with Crippen LogP contribution < -0.4 is 9.75 Å². The maximum atomic E-state index is 14.2. The van der Waals surface area contributed by atoms with Crippen LogP contribution in [0.25, 0.3) is 6.08 Å². The second-order valence-corrected chi connectivity index (χ2v) is 9.16. The van der Waals surface area contributed by atoms with Crippen molar-refractivity contribution >= 4 is 68.6 Å². The summed E-state index contributed by atoms with van der Waals surface area (Å²) < 4.78 is 76.4. The summed E-state index contributed by atoms with van der Waals surface area (Å²) in [5.41, 5.74) is -0.962. The van der Waals surface area contributed by atoms with Crippen molar-refractivity contribution in [3.05, 3.63) is 59.5 Å². The number of carbonyl (C=O) groups excluding carboxylic acids is 1. The molecular weight excluding hydrogens is 649 g/mol. The van der Waals surface area contributed by atoms with Crippen molar-refractivity contribution in [2.24, 2.45) is 5.10 Å². The number of ether oxygens (including phenoxy) is 1. The van der Waals surface area contributed by atoms with Gasteiger partial charge in [0.2, 0.25) is 5.82 Å². The van der Waals surface area contributed by atoms with Crippen molar-refractivity contribution < 1.29 is 31.5 Å². The summed E-state index contributed by atoms with van der Waals surface area (Å²) in [7, 11) is 0. The molecule has 11 heteroatoms. The fraction of sp³-hybridized carbons (Fsp3) is 0.200. The zero-order chi connectivity index (χ0) is 23.2. The van der Waals surface area contributed by atoms with Crippen molar-refractivity contribution in [1.82, 2.24) is 0 Å². The number of amides is 1. The van der Waals surface area contributed by atoms with Gasteiger partial charge in [-0.2, -0.15) is 10.1 Å².